The van der Waals surface area contributed by atoms with E-state index in [1.54, 1.807) is 13.2 Å². The predicted molar refractivity (Wildman–Crippen MR) is 137 cm³/mol. The van der Waals surface area contributed by atoms with E-state index >= 15 is 4.39 Å². The molecule has 0 aliphatic rings. The number of rotatable bonds is 6. The summed E-state index contributed by atoms with van der Waals surface area (Å²) in [5, 5.41) is 6.29. The summed E-state index contributed by atoms with van der Waals surface area (Å²) in [6.07, 6.45) is 5.92. The minimum Gasteiger partial charge on any atom is -0.453 e. The maximum Gasteiger partial charge on any atom is 0.267 e. The third-order valence-electron chi connectivity index (χ3n) is 5.72. The highest BCUT2D eigenvalue weighted by Gasteiger charge is 2.20. The number of carbonyl (C=O) groups excluding carboxylic acids is 1. The minimum absolute atomic E-state index is 0.0967. The molecule has 0 saturated carbocycles. The Morgan fingerprint density at radius 1 is 1.03 bits per heavy atom. The number of nitrogens with two attached hydrogens (primary N) is 1. The van der Waals surface area contributed by atoms with Gasteiger partial charge in [-0.3, -0.25) is 18.8 Å². The first-order valence-corrected chi connectivity index (χ1v) is 11.4. The molecule has 5 rings (SSSR count). The van der Waals surface area contributed by atoms with Crippen LogP contribution in [0.15, 0.2) is 84.2 Å². The molecule has 0 unspecified atom stereocenters. The monoisotopic (exact) mass is 532 g/mol. The van der Waals surface area contributed by atoms with Gasteiger partial charge in [0.25, 0.3) is 11.5 Å². The SMILES string of the molecule is Cn1cc(-c2c(Oc3cc(F)c(NC(=O)c4cccn(-c5ccc(F)cc5)c4=O)cc3F)ccnc2N)cn1. The molecule has 0 atom stereocenters. The fraction of sp³-hybridized carbons (Fsp3) is 0.0370. The summed E-state index contributed by atoms with van der Waals surface area (Å²) in [4.78, 5) is 29.7. The van der Waals surface area contributed by atoms with Crippen LogP contribution in [-0.2, 0) is 7.05 Å². The normalized spacial score (nSPS) is 10.9. The van der Waals surface area contributed by atoms with Crippen LogP contribution in [0, 0.1) is 17.5 Å². The number of amides is 1. The van der Waals surface area contributed by atoms with Crippen LogP contribution in [0.4, 0.5) is 24.7 Å². The number of halogens is 3. The van der Waals surface area contributed by atoms with E-state index in [0.29, 0.717) is 16.8 Å². The number of hydrogen-bond acceptors (Lipinski definition) is 6. The maximum atomic E-state index is 15.0. The fourth-order valence-corrected chi connectivity index (χ4v) is 3.87. The molecular formula is C27H19F3N6O3. The maximum absolute atomic E-state index is 15.0. The van der Waals surface area contributed by atoms with Crippen LogP contribution in [0.5, 0.6) is 11.5 Å². The molecule has 3 N–H and O–H groups in total. The van der Waals surface area contributed by atoms with E-state index in [1.807, 2.05) is 0 Å². The first kappa shape index (κ1) is 25.3. The standard InChI is InChI=1S/C27H19F3N6O3/c1-35-14-15(13-33-35)24-22(8-9-32-25(24)31)39-23-12-19(29)21(11-20(23)30)34-26(37)18-3-2-10-36(27(18)38)17-6-4-16(28)5-7-17/h2-14H,1H3,(H2,31,32)(H,34,37). The predicted octanol–water partition coefficient (Wildman–Crippen LogP) is 4.68. The molecule has 3 aromatic heterocycles. The van der Waals surface area contributed by atoms with E-state index in [0.717, 1.165) is 28.8 Å². The first-order chi connectivity index (χ1) is 18.7. The lowest BCUT2D eigenvalue weighted by Gasteiger charge is -2.14. The van der Waals surface area contributed by atoms with Crippen molar-refractivity contribution < 1.29 is 22.7 Å². The van der Waals surface area contributed by atoms with Gasteiger partial charge in [-0.05, 0) is 42.5 Å². The second-order valence-corrected chi connectivity index (χ2v) is 8.36. The lowest BCUT2D eigenvalue weighted by Crippen LogP contribution is -2.28. The summed E-state index contributed by atoms with van der Waals surface area (Å²) in [6.45, 7) is 0. The Kier molecular flexibility index (Phi) is 6.59. The lowest BCUT2D eigenvalue weighted by atomic mass is 10.1. The molecule has 196 valence electrons. The van der Waals surface area contributed by atoms with E-state index in [4.69, 9.17) is 10.5 Å². The van der Waals surface area contributed by atoms with Crippen LogP contribution in [-0.4, -0.2) is 25.2 Å². The smallest absolute Gasteiger partial charge is 0.267 e. The molecule has 0 radical (unpaired) electrons. The molecule has 2 aromatic carbocycles. The van der Waals surface area contributed by atoms with Gasteiger partial charge in [0, 0.05) is 49.0 Å². The molecule has 1 amide bonds. The molecule has 12 heteroatoms. The zero-order valence-electron chi connectivity index (χ0n) is 20.2. The van der Waals surface area contributed by atoms with Crippen molar-refractivity contribution in [2.24, 2.45) is 7.05 Å². The van der Waals surface area contributed by atoms with Crippen LogP contribution < -0.4 is 21.3 Å². The Hall–Kier alpha value is -5.39. The van der Waals surface area contributed by atoms with Gasteiger partial charge in [0.05, 0.1) is 17.4 Å². The highest BCUT2D eigenvalue weighted by molar-refractivity contribution is 6.04. The first-order valence-electron chi connectivity index (χ1n) is 11.4. The number of nitrogen functional groups attached to an aromatic ring is 1. The summed E-state index contributed by atoms with van der Waals surface area (Å²) in [7, 11) is 1.70. The molecule has 9 nitrogen and oxygen atoms in total. The number of carbonyl (C=O) groups is 1. The van der Waals surface area contributed by atoms with Gasteiger partial charge < -0.3 is 15.8 Å². The van der Waals surface area contributed by atoms with Gasteiger partial charge in [-0.15, -0.1) is 0 Å². The van der Waals surface area contributed by atoms with E-state index in [-0.39, 0.29) is 17.1 Å². The van der Waals surface area contributed by atoms with Gasteiger partial charge in [0.1, 0.15) is 22.9 Å². The van der Waals surface area contributed by atoms with Crippen molar-refractivity contribution in [1.82, 2.24) is 19.3 Å². The highest BCUT2D eigenvalue weighted by atomic mass is 19.1. The third-order valence-corrected chi connectivity index (χ3v) is 5.72. The number of nitrogens with one attached hydrogen (secondary N) is 1. The molecule has 0 aliphatic carbocycles. The molecular weight excluding hydrogens is 513 g/mol. The summed E-state index contributed by atoms with van der Waals surface area (Å²) in [6, 6.07) is 10.6. The van der Waals surface area contributed by atoms with Crippen LogP contribution in [0.1, 0.15) is 10.4 Å². The number of anilines is 2. The second-order valence-electron chi connectivity index (χ2n) is 8.36. The number of aromatic nitrogens is 4. The van der Waals surface area contributed by atoms with Crippen molar-refractivity contribution in [2.75, 3.05) is 11.1 Å². The van der Waals surface area contributed by atoms with Crippen LogP contribution in [0.2, 0.25) is 0 Å². The number of benzene rings is 2. The molecule has 3 heterocycles. The highest BCUT2D eigenvalue weighted by Crippen LogP contribution is 2.38. The second kappa shape index (κ2) is 10.2. The Labute approximate surface area is 218 Å². The van der Waals surface area contributed by atoms with Crippen molar-refractivity contribution in [1.29, 1.82) is 0 Å². The largest absolute Gasteiger partial charge is 0.453 e. The third kappa shape index (κ3) is 5.07. The van der Waals surface area contributed by atoms with Gasteiger partial charge in [-0.1, -0.05) is 0 Å². The molecule has 0 spiro atoms. The number of nitrogens with zero attached hydrogens (tertiary/aromatic N) is 4. The average molecular weight is 532 g/mol. The van der Waals surface area contributed by atoms with E-state index in [2.05, 4.69) is 15.4 Å². The van der Waals surface area contributed by atoms with Crippen molar-refractivity contribution >= 4 is 17.4 Å². The van der Waals surface area contributed by atoms with Crippen LogP contribution in [0.25, 0.3) is 16.8 Å². The number of hydrogen-bond donors (Lipinski definition) is 2. The molecule has 0 aliphatic heterocycles. The Balaban J connectivity index is 1.41. The van der Waals surface area contributed by atoms with Gasteiger partial charge >= 0.3 is 0 Å². The summed E-state index contributed by atoms with van der Waals surface area (Å²) in [5.74, 6) is -3.73. The van der Waals surface area contributed by atoms with Gasteiger partial charge in [0.15, 0.2) is 17.4 Å². The number of ether oxygens (including phenoxy) is 1. The topological polar surface area (TPSA) is 117 Å². The van der Waals surface area contributed by atoms with Crippen molar-refractivity contribution in [3.8, 4) is 28.3 Å². The number of aryl methyl sites for hydroxylation is 1. The molecule has 0 saturated heterocycles. The Bertz CT molecular complexity index is 1770. The fourth-order valence-electron chi connectivity index (χ4n) is 3.87. The summed E-state index contributed by atoms with van der Waals surface area (Å²) < 4.78 is 51.5. The van der Waals surface area contributed by atoms with Crippen LogP contribution in [0.3, 0.4) is 0 Å². The van der Waals surface area contributed by atoms with Crippen molar-refractivity contribution in [3.05, 3.63) is 113 Å². The summed E-state index contributed by atoms with van der Waals surface area (Å²) >= 11 is 0. The molecule has 5 aromatic rings. The molecule has 0 bridgehead atoms. The number of pyridine rings is 2. The zero-order valence-corrected chi connectivity index (χ0v) is 20.2. The van der Waals surface area contributed by atoms with E-state index in [1.165, 1.54) is 53.6 Å². The van der Waals surface area contributed by atoms with Crippen molar-refractivity contribution in [2.45, 2.75) is 0 Å². The van der Waals surface area contributed by atoms with Gasteiger partial charge in [-0.2, -0.15) is 5.10 Å². The Morgan fingerprint density at radius 3 is 2.51 bits per heavy atom. The van der Waals surface area contributed by atoms with Crippen molar-refractivity contribution in [3.63, 3.8) is 0 Å². The van der Waals surface area contributed by atoms with Crippen LogP contribution >= 0.6 is 0 Å². The average Bonchev–Trinajstić information content (AvgIpc) is 3.33. The molecule has 39 heavy (non-hydrogen) atoms. The minimum atomic E-state index is -1.01. The molecule has 0 fully saturated rings. The van der Waals surface area contributed by atoms with E-state index < -0.39 is 40.4 Å². The quantitative estimate of drug-likeness (QED) is 0.328. The van der Waals surface area contributed by atoms with Gasteiger partial charge in [-0.25, -0.2) is 18.2 Å². The summed E-state index contributed by atoms with van der Waals surface area (Å²) in [5.41, 5.74) is 5.62. The Morgan fingerprint density at radius 2 is 1.79 bits per heavy atom. The van der Waals surface area contributed by atoms with Gasteiger partial charge in [0.2, 0.25) is 0 Å². The zero-order chi connectivity index (χ0) is 27.7. The lowest BCUT2D eigenvalue weighted by molar-refractivity contribution is 0.102. The van der Waals surface area contributed by atoms with E-state index in [9.17, 15) is 18.4 Å².